The van der Waals surface area contributed by atoms with Crippen LogP contribution in [0.2, 0.25) is 0 Å². The lowest BCUT2D eigenvalue weighted by Gasteiger charge is -1.93. The zero-order chi connectivity index (χ0) is 8.97. The quantitative estimate of drug-likeness (QED) is 0.586. The van der Waals surface area contributed by atoms with E-state index in [1.807, 2.05) is 0 Å². The highest BCUT2D eigenvalue weighted by atomic mass is 19.1. The van der Waals surface area contributed by atoms with Gasteiger partial charge in [-0.05, 0) is 23.8 Å². The lowest BCUT2D eigenvalue weighted by molar-refractivity contribution is 0.583. The Hall–Kier alpha value is -1.69. The standard InChI is InChI=1S/C9H5F2N/c10-8-4-7(2-1-3-12)5-9(11)6-8/h1-2,4-6H. The number of hydrogen-bond acceptors (Lipinski definition) is 1. The monoisotopic (exact) mass is 165 g/mol. The molecule has 0 heterocycles. The molecule has 0 amide bonds. The number of nitrogens with zero attached hydrogens (tertiary/aromatic N) is 1. The summed E-state index contributed by atoms with van der Waals surface area (Å²) in [6.45, 7) is 0. The molecular weight excluding hydrogens is 160 g/mol. The molecule has 0 spiro atoms. The lowest BCUT2D eigenvalue weighted by atomic mass is 10.2. The van der Waals surface area contributed by atoms with Gasteiger partial charge in [-0.1, -0.05) is 0 Å². The lowest BCUT2D eigenvalue weighted by Crippen LogP contribution is -1.81. The Bertz CT molecular complexity index is 330. The van der Waals surface area contributed by atoms with Gasteiger partial charge in [0, 0.05) is 12.1 Å². The van der Waals surface area contributed by atoms with Crippen LogP contribution in [0.3, 0.4) is 0 Å². The average molecular weight is 165 g/mol. The van der Waals surface area contributed by atoms with Crippen molar-refractivity contribution in [3.8, 4) is 6.07 Å². The van der Waals surface area contributed by atoms with E-state index in [1.165, 1.54) is 6.08 Å². The van der Waals surface area contributed by atoms with Gasteiger partial charge in [0.25, 0.3) is 0 Å². The molecule has 0 atom stereocenters. The summed E-state index contributed by atoms with van der Waals surface area (Å²) in [6.07, 6.45) is 2.50. The van der Waals surface area contributed by atoms with E-state index in [0.717, 1.165) is 24.3 Å². The Morgan fingerprint density at radius 1 is 1.17 bits per heavy atom. The molecule has 1 aromatic rings. The van der Waals surface area contributed by atoms with Gasteiger partial charge in [0.15, 0.2) is 0 Å². The van der Waals surface area contributed by atoms with Crippen LogP contribution in [-0.2, 0) is 0 Å². The molecule has 0 aromatic heterocycles. The van der Waals surface area contributed by atoms with Gasteiger partial charge in [-0.3, -0.25) is 0 Å². The summed E-state index contributed by atoms with van der Waals surface area (Å²) in [6, 6.07) is 4.81. The van der Waals surface area contributed by atoms with Crippen molar-refractivity contribution in [2.45, 2.75) is 0 Å². The second kappa shape index (κ2) is 3.63. The van der Waals surface area contributed by atoms with Crippen LogP contribution in [-0.4, -0.2) is 0 Å². The number of rotatable bonds is 1. The molecule has 0 fully saturated rings. The minimum absolute atomic E-state index is 0.342. The Kier molecular flexibility index (Phi) is 2.54. The Morgan fingerprint density at radius 2 is 1.75 bits per heavy atom. The summed E-state index contributed by atoms with van der Waals surface area (Å²) < 4.78 is 25.0. The summed E-state index contributed by atoms with van der Waals surface area (Å²) in [7, 11) is 0. The molecule has 12 heavy (non-hydrogen) atoms. The molecular formula is C9H5F2N. The van der Waals surface area contributed by atoms with Crippen LogP contribution in [0.1, 0.15) is 5.56 Å². The van der Waals surface area contributed by atoms with Crippen LogP contribution < -0.4 is 0 Å². The van der Waals surface area contributed by atoms with E-state index in [4.69, 9.17) is 5.26 Å². The van der Waals surface area contributed by atoms with Crippen molar-refractivity contribution in [2.75, 3.05) is 0 Å². The van der Waals surface area contributed by atoms with Crippen LogP contribution in [0.4, 0.5) is 8.78 Å². The highest BCUT2D eigenvalue weighted by Gasteiger charge is 1.96. The molecule has 0 saturated carbocycles. The Balaban J connectivity index is 3.03. The first-order chi connectivity index (χ1) is 5.72. The Morgan fingerprint density at radius 3 is 2.25 bits per heavy atom. The average Bonchev–Trinajstić information content (AvgIpc) is 1.99. The summed E-state index contributed by atoms with van der Waals surface area (Å²) in [5.41, 5.74) is 0.342. The van der Waals surface area contributed by atoms with Crippen molar-refractivity contribution < 1.29 is 8.78 Å². The third kappa shape index (κ3) is 2.17. The predicted octanol–water partition coefficient (Wildman–Crippen LogP) is 2.50. The molecule has 0 bridgehead atoms. The fourth-order valence-electron chi connectivity index (χ4n) is 0.805. The summed E-state index contributed by atoms with van der Waals surface area (Å²) in [5.74, 6) is -1.29. The predicted molar refractivity (Wildman–Crippen MR) is 41.0 cm³/mol. The molecule has 0 aliphatic rings. The van der Waals surface area contributed by atoms with Crippen LogP contribution in [0.25, 0.3) is 6.08 Å². The van der Waals surface area contributed by atoms with Crippen LogP contribution in [0, 0.1) is 23.0 Å². The van der Waals surface area contributed by atoms with Crippen LogP contribution in [0.15, 0.2) is 24.3 Å². The van der Waals surface area contributed by atoms with Crippen molar-refractivity contribution >= 4 is 6.08 Å². The van der Waals surface area contributed by atoms with Gasteiger partial charge in [0.1, 0.15) is 11.6 Å². The second-order valence-corrected chi connectivity index (χ2v) is 2.17. The van der Waals surface area contributed by atoms with Crippen LogP contribution >= 0.6 is 0 Å². The molecule has 0 unspecified atom stereocenters. The number of benzene rings is 1. The smallest absolute Gasteiger partial charge is 0.126 e. The highest BCUT2D eigenvalue weighted by Crippen LogP contribution is 2.08. The second-order valence-electron chi connectivity index (χ2n) is 2.17. The minimum Gasteiger partial charge on any atom is -0.207 e. The van der Waals surface area contributed by atoms with Crippen LogP contribution in [0.5, 0.6) is 0 Å². The summed E-state index contributed by atoms with van der Waals surface area (Å²) >= 11 is 0. The fraction of sp³-hybridized carbons (Fsp3) is 0. The van der Waals surface area contributed by atoms with E-state index < -0.39 is 11.6 Å². The zero-order valence-electron chi connectivity index (χ0n) is 6.09. The third-order valence-electron chi connectivity index (χ3n) is 1.24. The maximum atomic E-state index is 12.5. The first-order valence-electron chi connectivity index (χ1n) is 3.24. The van der Waals surface area contributed by atoms with E-state index in [9.17, 15) is 8.78 Å². The van der Waals surface area contributed by atoms with Gasteiger partial charge >= 0.3 is 0 Å². The van der Waals surface area contributed by atoms with E-state index >= 15 is 0 Å². The molecule has 0 aliphatic carbocycles. The molecule has 0 radical (unpaired) electrons. The normalized spacial score (nSPS) is 10.1. The van der Waals surface area contributed by atoms with Crippen molar-refractivity contribution in [3.63, 3.8) is 0 Å². The van der Waals surface area contributed by atoms with Gasteiger partial charge in [0.05, 0.1) is 6.07 Å². The van der Waals surface area contributed by atoms with Crippen molar-refractivity contribution in [2.24, 2.45) is 0 Å². The third-order valence-corrected chi connectivity index (χ3v) is 1.24. The summed E-state index contributed by atoms with van der Waals surface area (Å²) in [4.78, 5) is 0. The molecule has 1 aromatic carbocycles. The van der Waals surface area contributed by atoms with Crippen molar-refractivity contribution in [1.82, 2.24) is 0 Å². The first kappa shape index (κ1) is 8.41. The number of halogens is 2. The largest absolute Gasteiger partial charge is 0.207 e. The molecule has 0 aliphatic heterocycles. The van der Waals surface area contributed by atoms with E-state index in [-0.39, 0.29) is 0 Å². The topological polar surface area (TPSA) is 23.8 Å². The number of nitriles is 1. The molecule has 0 saturated heterocycles. The number of hydrogen-bond donors (Lipinski definition) is 0. The summed E-state index contributed by atoms with van der Waals surface area (Å²) in [5, 5.41) is 8.14. The molecule has 0 N–H and O–H groups in total. The minimum atomic E-state index is -0.646. The van der Waals surface area contributed by atoms with Gasteiger partial charge in [-0.2, -0.15) is 5.26 Å². The maximum absolute atomic E-state index is 12.5. The highest BCUT2D eigenvalue weighted by molar-refractivity contribution is 5.51. The van der Waals surface area contributed by atoms with E-state index in [2.05, 4.69) is 0 Å². The molecule has 1 nitrogen and oxygen atoms in total. The van der Waals surface area contributed by atoms with Gasteiger partial charge in [-0.15, -0.1) is 0 Å². The van der Waals surface area contributed by atoms with Gasteiger partial charge < -0.3 is 0 Å². The van der Waals surface area contributed by atoms with Gasteiger partial charge in [0.2, 0.25) is 0 Å². The SMILES string of the molecule is N#CC=Cc1cc(F)cc(F)c1. The van der Waals surface area contributed by atoms with E-state index in [0.29, 0.717) is 5.56 Å². The van der Waals surface area contributed by atoms with E-state index in [1.54, 1.807) is 6.07 Å². The first-order valence-corrected chi connectivity index (χ1v) is 3.24. The molecule has 60 valence electrons. The fourth-order valence-corrected chi connectivity index (χ4v) is 0.805. The van der Waals surface area contributed by atoms with Crippen molar-refractivity contribution in [3.05, 3.63) is 41.5 Å². The molecule has 1 rings (SSSR count). The molecule has 3 heteroatoms. The zero-order valence-corrected chi connectivity index (χ0v) is 6.09. The van der Waals surface area contributed by atoms with Crippen molar-refractivity contribution in [1.29, 1.82) is 5.26 Å². The maximum Gasteiger partial charge on any atom is 0.126 e. The van der Waals surface area contributed by atoms with Gasteiger partial charge in [-0.25, -0.2) is 8.78 Å². The number of allylic oxidation sites excluding steroid dienone is 1. The Labute approximate surface area is 68.6 Å².